The Morgan fingerprint density at radius 3 is 2.80 bits per heavy atom. The van der Waals surface area contributed by atoms with E-state index in [1.54, 1.807) is 12.3 Å². The van der Waals surface area contributed by atoms with E-state index in [-0.39, 0.29) is 11.4 Å². The largest absolute Gasteiger partial charge is 0.490 e. The molecule has 0 aliphatic rings. The molecule has 0 bridgehead atoms. The van der Waals surface area contributed by atoms with Crippen LogP contribution in [0.3, 0.4) is 0 Å². The summed E-state index contributed by atoms with van der Waals surface area (Å²) in [5.41, 5.74) is 1.34. The zero-order chi connectivity index (χ0) is 11.0. The third kappa shape index (κ3) is 1.41. The third-order valence-electron chi connectivity index (χ3n) is 2.27. The minimum atomic E-state index is -0.490. The van der Waals surface area contributed by atoms with Crippen molar-refractivity contribution in [2.45, 2.75) is 6.92 Å². The van der Waals surface area contributed by atoms with Gasteiger partial charge in [0.15, 0.2) is 5.75 Å². The number of methoxy groups -OCH3 is 1. The molecule has 0 fully saturated rings. The predicted molar refractivity (Wildman–Crippen MR) is 54.2 cm³/mol. The van der Waals surface area contributed by atoms with E-state index in [0.717, 1.165) is 10.9 Å². The van der Waals surface area contributed by atoms with E-state index in [4.69, 9.17) is 9.15 Å². The molecule has 0 radical (unpaired) electrons. The van der Waals surface area contributed by atoms with Gasteiger partial charge in [-0.3, -0.25) is 10.1 Å². The van der Waals surface area contributed by atoms with Gasteiger partial charge in [-0.05, 0) is 18.6 Å². The highest BCUT2D eigenvalue weighted by Crippen LogP contribution is 2.33. The molecular formula is C10H9NO4. The second kappa shape index (κ2) is 3.27. The second-order valence-corrected chi connectivity index (χ2v) is 3.20. The van der Waals surface area contributed by atoms with Crippen molar-refractivity contribution in [2.75, 3.05) is 7.11 Å². The Morgan fingerprint density at radius 2 is 2.20 bits per heavy atom. The highest BCUT2D eigenvalue weighted by Gasteiger charge is 2.18. The molecule has 5 heteroatoms. The number of nitrogens with zero attached hydrogens (tertiary/aromatic N) is 1. The molecule has 1 aromatic carbocycles. The molecule has 5 nitrogen and oxygen atoms in total. The van der Waals surface area contributed by atoms with Crippen molar-refractivity contribution in [1.82, 2.24) is 0 Å². The van der Waals surface area contributed by atoms with Crippen LogP contribution in [0.5, 0.6) is 5.75 Å². The van der Waals surface area contributed by atoms with Crippen molar-refractivity contribution < 1.29 is 14.1 Å². The van der Waals surface area contributed by atoms with E-state index >= 15 is 0 Å². The molecule has 1 aromatic heterocycles. The summed E-state index contributed by atoms with van der Waals surface area (Å²) >= 11 is 0. The number of fused-ring (bicyclic) bond motifs is 1. The van der Waals surface area contributed by atoms with E-state index in [2.05, 4.69) is 0 Å². The van der Waals surface area contributed by atoms with Crippen molar-refractivity contribution in [3.05, 3.63) is 34.1 Å². The molecule has 15 heavy (non-hydrogen) atoms. The minimum absolute atomic E-state index is 0.0839. The smallest absolute Gasteiger partial charge is 0.314 e. The van der Waals surface area contributed by atoms with Crippen LogP contribution in [0.2, 0.25) is 0 Å². The molecule has 0 saturated heterocycles. The first-order valence-electron chi connectivity index (χ1n) is 4.33. The number of hydrogen-bond acceptors (Lipinski definition) is 4. The van der Waals surface area contributed by atoms with E-state index in [0.29, 0.717) is 5.58 Å². The van der Waals surface area contributed by atoms with Crippen LogP contribution in [0.4, 0.5) is 5.69 Å². The Bertz CT molecular complexity index is 529. The van der Waals surface area contributed by atoms with Crippen LogP contribution in [0.1, 0.15) is 5.56 Å². The predicted octanol–water partition coefficient (Wildman–Crippen LogP) is 2.66. The molecule has 0 amide bonds. The van der Waals surface area contributed by atoms with E-state index < -0.39 is 4.92 Å². The maximum absolute atomic E-state index is 10.7. The number of aryl methyl sites for hydroxylation is 1. The van der Waals surface area contributed by atoms with Gasteiger partial charge in [-0.15, -0.1) is 0 Å². The van der Waals surface area contributed by atoms with Crippen molar-refractivity contribution in [3.63, 3.8) is 0 Å². The Hall–Kier alpha value is -2.04. The monoisotopic (exact) mass is 207 g/mol. The summed E-state index contributed by atoms with van der Waals surface area (Å²) in [6.07, 6.45) is 1.56. The van der Waals surface area contributed by atoms with Crippen molar-refractivity contribution >= 4 is 16.7 Å². The molecule has 0 aliphatic carbocycles. The fraction of sp³-hybridized carbons (Fsp3) is 0.200. The van der Waals surface area contributed by atoms with Crippen LogP contribution >= 0.6 is 0 Å². The van der Waals surface area contributed by atoms with Gasteiger partial charge in [0.05, 0.1) is 24.4 Å². The zero-order valence-corrected chi connectivity index (χ0v) is 8.31. The van der Waals surface area contributed by atoms with Gasteiger partial charge in [0.2, 0.25) is 0 Å². The molecule has 0 N–H and O–H groups in total. The summed E-state index contributed by atoms with van der Waals surface area (Å²) in [5.74, 6) is 0.247. The normalized spacial score (nSPS) is 10.5. The summed E-state index contributed by atoms with van der Waals surface area (Å²) < 4.78 is 10.1. The SMILES string of the molecule is COc1cc2c(C)coc2cc1[N+](=O)[O-]. The maximum Gasteiger partial charge on any atom is 0.314 e. The lowest BCUT2D eigenvalue weighted by Crippen LogP contribution is -1.93. The van der Waals surface area contributed by atoms with Gasteiger partial charge in [0, 0.05) is 5.39 Å². The molecule has 0 aliphatic heterocycles. The van der Waals surface area contributed by atoms with Crippen LogP contribution in [-0.2, 0) is 0 Å². The lowest BCUT2D eigenvalue weighted by atomic mass is 10.1. The van der Waals surface area contributed by atoms with Gasteiger partial charge in [-0.25, -0.2) is 0 Å². The average Bonchev–Trinajstić information content (AvgIpc) is 2.58. The van der Waals surface area contributed by atoms with Gasteiger partial charge in [-0.1, -0.05) is 0 Å². The van der Waals surface area contributed by atoms with E-state index in [1.165, 1.54) is 13.2 Å². The minimum Gasteiger partial charge on any atom is -0.490 e. The highest BCUT2D eigenvalue weighted by molar-refractivity contribution is 5.85. The third-order valence-corrected chi connectivity index (χ3v) is 2.27. The quantitative estimate of drug-likeness (QED) is 0.560. The van der Waals surface area contributed by atoms with Crippen LogP contribution in [0.15, 0.2) is 22.8 Å². The average molecular weight is 207 g/mol. The summed E-state index contributed by atoms with van der Waals surface area (Å²) in [6.45, 7) is 1.87. The van der Waals surface area contributed by atoms with Crippen LogP contribution in [-0.4, -0.2) is 12.0 Å². The zero-order valence-electron chi connectivity index (χ0n) is 8.31. The van der Waals surface area contributed by atoms with Gasteiger partial charge < -0.3 is 9.15 Å². The van der Waals surface area contributed by atoms with Gasteiger partial charge in [-0.2, -0.15) is 0 Å². The Labute approximate surface area is 85.4 Å². The lowest BCUT2D eigenvalue weighted by molar-refractivity contribution is -0.385. The van der Waals surface area contributed by atoms with Crippen LogP contribution in [0, 0.1) is 17.0 Å². The number of furan rings is 1. The van der Waals surface area contributed by atoms with E-state index in [1.807, 2.05) is 6.92 Å². The van der Waals surface area contributed by atoms with Crippen LogP contribution < -0.4 is 4.74 Å². The standard InChI is InChI=1S/C10H9NO4/c1-6-5-15-9-4-8(11(12)13)10(14-2)3-7(6)9/h3-5H,1-2H3. The second-order valence-electron chi connectivity index (χ2n) is 3.20. The van der Waals surface area contributed by atoms with Crippen molar-refractivity contribution in [3.8, 4) is 5.75 Å². The van der Waals surface area contributed by atoms with Gasteiger partial charge in [0.1, 0.15) is 5.58 Å². The first-order chi connectivity index (χ1) is 7.13. The Balaban J connectivity index is 2.76. The fourth-order valence-electron chi connectivity index (χ4n) is 1.48. The molecule has 2 aromatic rings. The summed E-state index contributed by atoms with van der Waals surface area (Å²) in [6, 6.07) is 2.99. The van der Waals surface area contributed by atoms with Gasteiger partial charge in [0.25, 0.3) is 0 Å². The Kier molecular flexibility index (Phi) is 2.07. The number of nitro groups is 1. The summed E-state index contributed by atoms with van der Waals surface area (Å²) in [7, 11) is 1.41. The van der Waals surface area contributed by atoms with Crippen molar-refractivity contribution in [1.29, 1.82) is 0 Å². The first kappa shape index (κ1) is 9.51. The number of nitro benzene ring substituents is 1. The fourth-order valence-corrected chi connectivity index (χ4v) is 1.48. The lowest BCUT2D eigenvalue weighted by Gasteiger charge is -2.01. The molecule has 0 saturated carbocycles. The summed E-state index contributed by atoms with van der Waals surface area (Å²) in [5, 5.41) is 11.5. The highest BCUT2D eigenvalue weighted by atomic mass is 16.6. The molecule has 0 atom stereocenters. The number of hydrogen-bond donors (Lipinski definition) is 0. The number of benzene rings is 1. The van der Waals surface area contributed by atoms with Gasteiger partial charge >= 0.3 is 5.69 Å². The molecule has 78 valence electrons. The Morgan fingerprint density at radius 1 is 1.47 bits per heavy atom. The molecule has 0 unspecified atom stereocenters. The van der Waals surface area contributed by atoms with E-state index in [9.17, 15) is 10.1 Å². The molecule has 0 spiro atoms. The first-order valence-corrected chi connectivity index (χ1v) is 4.33. The van der Waals surface area contributed by atoms with Crippen LogP contribution in [0.25, 0.3) is 11.0 Å². The molecule has 1 heterocycles. The summed E-state index contributed by atoms with van der Waals surface area (Å²) in [4.78, 5) is 10.2. The topological polar surface area (TPSA) is 65.5 Å². The molecular weight excluding hydrogens is 198 g/mol. The molecule has 2 rings (SSSR count). The number of rotatable bonds is 2. The number of ether oxygens (including phenoxy) is 1. The maximum atomic E-state index is 10.7. The van der Waals surface area contributed by atoms with Crippen molar-refractivity contribution in [2.24, 2.45) is 0 Å².